The Balaban J connectivity index is 1.35. The van der Waals surface area contributed by atoms with Gasteiger partial charge in [0, 0.05) is 31.2 Å². The van der Waals surface area contributed by atoms with Gasteiger partial charge in [-0.2, -0.15) is 0 Å². The van der Waals surface area contributed by atoms with E-state index in [1.54, 1.807) is 0 Å². The standard InChI is InChI=1S/C31H33N3O4/c1-3-4-14-34-26(17-32-31(34)25-8-6-5-7-9-25)22(2)33(18-23-10-12-27-29(15-23)37-20-35-27)19-24-11-13-28-30(16-24)38-21-36-28/h5-13,15-17,22H,3-4,14,18-21H2,1-2H3. The number of hydrogen-bond acceptors (Lipinski definition) is 6. The fraction of sp³-hybridized carbons (Fsp3) is 0.323. The summed E-state index contributed by atoms with van der Waals surface area (Å²) < 4.78 is 24.8. The van der Waals surface area contributed by atoms with Crippen molar-refractivity contribution in [3.63, 3.8) is 0 Å². The molecule has 1 aromatic heterocycles. The molecule has 0 radical (unpaired) electrons. The summed E-state index contributed by atoms with van der Waals surface area (Å²) in [5.41, 5.74) is 4.69. The zero-order valence-corrected chi connectivity index (χ0v) is 21.9. The third-order valence-corrected chi connectivity index (χ3v) is 7.27. The number of ether oxygens (including phenoxy) is 4. The first-order valence-electron chi connectivity index (χ1n) is 13.3. The van der Waals surface area contributed by atoms with Crippen molar-refractivity contribution in [3.8, 4) is 34.4 Å². The van der Waals surface area contributed by atoms with Gasteiger partial charge >= 0.3 is 0 Å². The molecule has 0 fully saturated rings. The molecule has 0 aliphatic carbocycles. The average molecular weight is 512 g/mol. The van der Waals surface area contributed by atoms with E-state index >= 15 is 0 Å². The van der Waals surface area contributed by atoms with E-state index in [0.717, 1.165) is 66.9 Å². The third kappa shape index (κ3) is 4.94. The van der Waals surface area contributed by atoms with Gasteiger partial charge in [-0.05, 0) is 48.7 Å². The number of hydrogen-bond donors (Lipinski definition) is 0. The zero-order chi connectivity index (χ0) is 25.9. The molecule has 4 aromatic rings. The van der Waals surface area contributed by atoms with Crippen LogP contribution in [0.25, 0.3) is 11.4 Å². The van der Waals surface area contributed by atoms with Crippen LogP contribution >= 0.6 is 0 Å². The minimum Gasteiger partial charge on any atom is -0.454 e. The SMILES string of the molecule is CCCCn1c(C(C)N(Cc2ccc3c(c2)OCO3)Cc2ccc3c(c2)OCO3)cnc1-c1ccccc1. The molecule has 7 heteroatoms. The molecule has 0 saturated heterocycles. The molecule has 0 spiro atoms. The first-order valence-corrected chi connectivity index (χ1v) is 13.3. The van der Waals surface area contributed by atoms with Gasteiger partial charge in [0.05, 0.1) is 11.9 Å². The molecule has 2 aliphatic heterocycles. The van der Waals surface area contributed by atoms with Crippen LogP contribution in [0.1, 0.15) is 49.6 Å². The molecule has 0 saturated carbocycles. The van der Waals surface area contributed by atoms with Crippen LogP contribution in [-0.4, -0.2) is 28.0 Å². The van der Waals surface area contributed by atoms with Crippen LogP contribution in [-0.2, 0) is 19.6 Å². The second kappa shape index (κ2) is 10.8. The van der Waals surface area contributed by atoms with Crippen LogP contribution in [0.3, 0.4) is 0 Å². The number of nitrogens with zero attached hydrogens (tertiary/aromatic N) is 3. The predicted molar refractivity (Wildman–Crippen MR) is 145 cm³/mol. The maximum Gasteiger partial charge on any atom is 0.231 e. The monoisotopic (exact) mass is 511 g/mol. The van der Waals surface area contributed by atoms with Crippen molar-refractivity contribution in [2.24, 2.45) is 0 Å². The molecule has 2 aliphatic rings. The summed E-state index contributed by atoms with van der Waals surface area (Å²) in [4.78, 5) is 7.39. The molecule has 3 aromatic carbocycles. The smallest absolute Gasteiger partial charge is 0.231 e. The Kier molecular flexibility index (Phi) is 6.92. The highest BCUT2D eigenvalue weighted by Gasteiger charge is 2.24. The highest BCUT2D eigenvalue weighted by atomic mass is 16.7. The lowest BCUT2D eigenvalue weighted by molar-refractivity contribution is 0.173. The van der Waals surface area contributed by atoms with Crippen LogP contribution in [0.15, 0.2) is 72.9 Å². The van der Waals surface area contributed by atoms with E-state index in [2.05, 4.69) is 78.0 Å². The van der Waals surface area contributed by atoms with Gasteiger partial charge in [0.1, 0.15) is 5.82 Å². The first kappa shape index (κ1) is 24.4. The summed E-state index contributed by atoms with van der Waals surface area (Å²) in [6.07, 6.45) is 4.27. The number of rotatable bonds is 10. The van der Waals surface area contributed by atoms with Gasteiger partial charge in [0.15, 0.2) is 23.0 Å². The summed E-state index contributed by atoms with van der Waals surface area (Å²) in [5, 5.41) is 0. The molecule has 1 atom stereocenters. The Morgan fingerprint density at radius 2 is 1.42 bits per heavy atom. The second-order valence-electron chi connectivity index (χ2n) is 9.83. The lowest BCUT2D eigenvalue weighted by Crippen LogP contribution is -2.28. The van der Waals surface area contributed by atoms with Crippen LogP contribution < -0.4 is 18.9 Å². The largest absolute Gasteiger partial charge is 0.454 e. The lowest BCUT2D eigenvalue weighted by Gasteiger charge is -2.30. The number of benzene rings is 3. The quantitative estimate of drug-likeness (QED) is 0.240. The van der Waals surface area contributed by atoms with Gasteiger partial charge in [-0.15, -0.1) is 0 Å². The van der Waals surface area contributed by atoms with Gasteiger partial charge in [0.2, 0.25) is 13.6 Å². The number of aromatic nitrogens is 2. The third-order valence-electron chi connectivity index (χ3n) is 7.27. The Labute approximate surface area is 223 Å². The molecule has 3 heterocycles. The number of fused-ring (bicyclic) bond motifs is 2. The molecule has 6 rings (SSSR count). The minimum atomic E-state index is 0.104. The fourth-order valence-corrected chi connectivity index (χ4v) is 5.16. The minimum absolute atomic E-state index is 0.104. The van der Waals surface area contributed by atoms with Gasteiger partial charge in [-0.3, -0.25) is 4.90 Å². The van der Waals surface area contributed by atoms with Crippen LogP contribution in [0, 0.1) is 0 Å². The van der Waals surface area contributed by atoms with Crippen molar-refractivity contribution in [3.05, 3.63) is 89.7 Å². The summed E-state index contributed by atoms with van der Waals surface area (Å²) in [6, 6.07) is 23.0. The van der Waals surface area contributed by atoms with Crippen molar-refractivity contribution in [2.75, 3.05) is 13.6 Å². The van der Waals surface area contributed by atoms with Crippen molar-refractivity contribution in [1.29, 1.82) is 0 Å². The summed E-state index contributed by atoms with van der Waals surface area (Å²) in [7, 11) is 0. The molecule has 0 bridgehead atoms. The Bertz CT molecular complexity index is 1340. The van der Waals surface area contributed by atoms with E-state index < -0.39 is 0 Å². The predicted octanol–water partition coefficient (Wildman–Crippen LogP) is 6.57. The van der Waals surface area contributed by atoms with Crippen molar-refractivity contribution >= 4 is 0 Å². The fourth-order valence-electron chi connectivity index (χ4n) is 5.16. The van der Waals surface area contributed by atoms with Gasteiger partial charge in [0.25, 0.3) is 0 Å². The first-order chi connectivity index (χ1) is 18.7. The lowest BCUT2D eigenvalue weighted by atomic mass is 10.1. The summed E-state index contributed by atoms with van der Waals surface area (Å²) >= 11 is 0. The van der Waals surface area contributed by atoms with Gasteiger partial charge in [-0.25, -0.2) is 4.98 Å². The van der Waals surface area contributed by atoms with Crippen LogP contribution in [0.4, 0.5) is 0 Å². The van der Waals surface area contributed by atoms with E-state index in [1.807, 2.05) is 18.2 Å². The Hall–Kier alpha value is -3.97. The highest BCUT2D eigenvalue weighted by molar-refractivity contribution is 5.56. The van der Waals surface area contributed by atoms with E-state index in [0.29, 0.717) is 0 Å². The normalized spacial score (nSPS) is 14.3. The molecule has 7 nitrogen and oxygen atoms in total. The highest BCUT2D eigenvalue weighted by Crippen LogP contribution is 2.36. The second-order valence-corrected chi connectivity index (χ2v) is 9.83. The molecule has 0 N–H and O–H groups in total. The maximum atomic E-state index is 5.66. The molecular weight excluding hydrogens is 478 g/mol. The van der Waals surface area contributed by atoms with E-state index in [1.165, 1.54) is 16.8 Å². The topological polar surface area (TPSA) is 58.0 Å². The van der Waals surface area contributed by atoms with Crippen molar-refractivity contribution in [2.45, 2.75) is 52.4 Å². The van der Waals surface area contributed by atoms with Gasteiger partial charge in [-0.1, -0.05) is 55.8 Å². The van der Waals surface area contributed by atoms with E-state index in [4.69, 9.17) is 23.9 Å². The van der Waals surface area contributed by atoms with E-state index in [-0.39, 0.29) is 19.6 Å². The summed E-state index contributed by atoms with van der Waals surface area (Å²) in [5.74, 6) is 4.23. The van der Waals surface area contributed by atoms with E-state index in [9.17, 15) is 0 Å². The van der Waals surface area contributed by atoms with Crippen molar-refractivity contribution < 1.29 is 18.9 Å². The van der Waals surface area contributed by atoms with Gasteiger partial charge < -0.3 is 23.5 Å². The summed E-state index contributed by atoms with van der Waals surface area (Å²) in [6.45, 7) is 7.46. The zero-order valence-electron chi connectivity index (χ0n) is 21.9. The van der Waals surface area contributed by atoms with Crippen LogP contribution in [0.5, 0.6) is 23.0 Å². The molecule has 0 amide bonds. The molecule has 1 unspecified atom stereocenters. The number of imidazole rings is 1. The maximum absolute atomic E-state index is 5.66. The molecule has 196 valence electrons. The van der Waals surface area contributed by atoms with Crippen LogP contribution in [0.2, 0.25) is 0 Å². The molecular formula is C31H33N3O4. The molecule has 38 heavy (non-hydrogen) atoms. The average Bonchev–Trinajstić information content (AvgIpc) is 3.70. The van der Waals surface area contributed by atoms with Crippen molar-refractivity contribution in [1.82, 2.24) is 14.5 Å². The Morgan fingerprint density at radius 1 is 0.816 bits per heavy atom. The number of unbranched alkanes of at least 4 members (excludes halogenated alkanes) is 1. The Morgan fingerprint density at radius 3 is 2.03 bits per heavy atom.